The number of amides is 1. The van der Waals surface area contributed by atoms with Gasteiger partial charge in [0, 0.05) is 12.1 Å². The van der Waals surface area contributed by atoms with Gasteiger partial charge in [0.25, 0.3) is 5.69 Å². The van der Waals surface area contributed by atoms with E-state index in [1.807, 2.05) is 25.1 Å². The molecule has 8 nitrogen and oxygen atoms in total. The lowest BCUT2D eigenvalue weighted by Crippen LogP contribution is -2.30. The van der Waals surface area contributed by atoms with Crippen LogP contribution in [0.25, 0.3) is 0 Å². The van der Waals surface area contributed by atoms with Gasteiger partial charge in [0.05, 0.1) is 41.9 Å². The molecule has 0 aliphatic rings. The van der Waals surface area contributed by atoms with E-state index in [1.54, 1.807) is 7.11 Å². The van der Waals surface area contributed by atoms with Gasteiger partial charge in [-0.3, -0.25) is 14.9 Å². The largest absolute Gasteiger partial charge is 0.496 e. The first-order valence-electron chi connectivity index (χ1n) is 8.04. The van der Waals surface area contributed by atoms with Crippen LogP contribution in [-0.2, 0) is 4.79 Å². The van der Waals surface area contributed by atoms with Gasteiger partial charge in [-0.1, -0.05) is 6.07 Å². The molecule has 0 aliphatic heterocycles. The molecule has 0 bridgehead atoms. The molecule has 2 N–H and O–H groups in total. The third-order valence-electron chi connectivity index (χ3n) is 3.91. The molecule has 2 aromatic rings. The van der Waals surface area contributed by atoms with Crippen LogP contribution in [0.15, 0.2) is 40.9 Å². The van der Waals surface area contributed by atoms with Crippen LogP contribution in [0, 0.1) is 10.1 Å². The molecule has 0 saturated heterocycles. The van der Waals surface area contributed by atoms with Crippen molar-refractivity contribution in [2.75, 3.05) is 26.1 Å². The maximum atomic E-state index is 12.2. The number of halogens is 1. The van der Waals surface area contributed by atoms with Gasteiger partial charge in [-0.15, -0.1) is 0 Å². The van der Waals surface area contributed by atoms with Crippen molar-refractivity contribution in [3.63, 3.8) is 0 Å². The second kappa shape index (κ2) is 9.33. The number of hydrogen-bond donors (Lipinski definition) is 2. The molecule has 0 radical (unpaired) electrons. The number of carbonyl (C=O) groups is 1. The minimum Gasteiger partial charge on any atom is -0.496 e. The van der Waals surface area contributed by atoms with Crippen molar-refractivity contribution >= 4 is 33.2 Å². The van der Waals surface area contributed by atoms with E-state index in [0.717, 1.165) is 15.8 Å². The summed E-state index contributed by atoms with van der Waals surface area (Å²) in [5.74, 6) is 0.667. The lowest BCUT2D eigenvalue weighted by atomic mass is 10.1. The van der Waals surface area contributed by atoms with Crippen LogP contribution in [0.5, 0.6) is 11.5 Å². The number of carbonyl (C=O) groups excluding carboxylic acids is 1. The van der Waals surface area contributed by atoms with E-state index in [0.29, 0.717) is 5.69 Å². The number of nitrogens with one attached hydrogen (secondary N) is 2. The normalized spacial score (nSPS) is 11.6. The van der Waals surface area contributed by atoms with Gasteiger partial charge in [0.1, 0.15) is 11.5 Å². The summed E-state index contributed by atoms with van der Waals surface area (Å²) in [6.45, 7) is 2.00. The molecule has 0 fully saturated rings. The van der Waals surface area contributed by atoms with Crippen molar-refractivity contribution in [3.8, 4) is 11.5 Å². The fourth-order valence-corrected chi connectivity index (χ4v) is 2.97. The van der Waals surface area contributed by atoms with Crippen LogP contribution < -0.4 is 20.1 Å². The van der Waals surface area contributed by atoms with Crippen LogP contribution in [0.2, 0.25) is 0 Å². The second-order valence-electron chi connectivity index (χ2n) is 5.69. The van der Waals surface area contributed by atoms with E-state index in [-0.39, 0.29) is 29.9 Å². The molecule has 1 unspecified atom stereocenters. The van der Waals surface area contributed by atoms with E-state index in [2.05, 4.69) is 26.6 Å². The highest BCUT2D eigenvalue weighted by molar-refractivity contribution is 9.10. The summed E-state index contributed by atoms with van der Waals surface area (Å²) < 4.78 is 11.1. The molecule has 27 heavy (non-hydrogen) atoms. The molecule has 0 saturated carbocycles. The summed E-state index contributed by atoms with van der Waals surface area (Å²) in [7, 11) is 2.98. The van der Waals surface area contributed by atoms with Gasteiger partial charge in [-0.05, 0) is 46.6 Å². The topological polar surface area (TPSA) is 103 Å². The smallest absolute Gasteiger partial charge is 0.273 e. The Hall–Kier alpha value is -2.65. The molecule has 9 heteroatoms. The Morgan fingerprint density at radius 1 is 1.19 bits per heavy atom. The molecule has 2 rings (SSSR count). The van der Waals surface area contributed by atoms with Crippen LogP contribution >= 0.6 is 15.9 Å². The maximum absolute atomic E-state index is 12.2. The van der Waals surface area contributed by atoms with Crippen molar-refractivity contribution < 1.29 is 19.2 Å². The van der Waals surface area contributed by atoms with Crippen molar-refractivity contribution in [2.24, 2.45) is 0 Å². The SMILES string of the molecule is COc1ccc(C(C)NCC(=O)Nc2ccc([N+](=O)[O-])cc2OC)cc1Br. The summed E-state index contributed by atoms with van der Waals surface area (Å²) in [5.41, 5.74) is 1.25. The Morgan fingerprint density at radius 3 is 2.48 bits per heavy atom. The van der Waals surface area contributed by atoms with Crippen LogP contribution in [0.4, 0.5) is 11.4 Å². The monoisotopic (exact) mass is 437 g/mol. The van der Waals surface area contributed by atoms with Crippen LogP contribution in [0.1, 0.15) is 18.5 Å². The first kappa shape index (κ1) is 20.7. The van der Waals surface area contributed by atoms with Crippen molar-refractivity contribution in [3.05, 3.63) is 56.5 Å². The Labute approximate surface area is 165 Å². The number of nitro benzene ring substituents is 1. The third kappa shape index (κ3) is 5.41. The highest BCUT2D eigenvalue weighted by atomic mass is 79.9. The van der Waals surface area contributed by atoms with Gasteiger partial charge in [-0.25, -0.2) is 0 Å². The molecule has 1 atom stereocenters. The number of nitro groups is 1. The zero-order valence-electron chi connectivity index (χ0n) is 15.1. The van der Waals surface area contributed by atoms with E-state index >= 15 is 0 Å². The maximum Gasteiger partial charge on any atom is 0.273 e. The predicted octanol–water partition coefficient (Wildman–Crippen LogP) is 3.66. The second-order valence-corrected chi connectivity index (χ2v) is 6.54. The summed E-state index contributed by atoms with van der Waals surface area (Å²) in [6, 6.07) is 9.63. The van der Waals surface area contributed by atoms with Crippen molar-refractivity contribution in [1.29, 1.82) is 0 Å². The highest BCUT2D eigenvalue weighted by Crippen LogP contribution is 2.29. The van der Waals surface area contributed by atoms with Crippen molar-refractivity contribution in [2.45, 2.75) is 13.0 Å². The molecule has 2 aromatic carbocycles. The minimum atomic E-state index is -0.523. The first-order valence-corrected chi connectivity index (χ1v) is 8.84. The van der Waals surface area contributed by atoms with Gasteiger partial charge in [-0.2, -0.15) is 0 Å². The molecule has 0 spiro atoms. The van der Waals surface area contributed by atoms with E-state index in [9.17, 15) is 14.9 Å². The highest BCUT2D eigenvalue weighted by Gasteiger charge is 2.14. The Morgan fingerprint density at radius 2 is 1.89 bits per heavy atom. The van der Waals surface area contributed by atoms with E-state index < -0.39 is 4.92 Å². The number of ether oxygens (including phenoxy) is 2. The lowest BCUT2D eigenvalue weighted by molar-refractivity contribution is -0.384. The summed E-state index contributed by atoms with van der Waals surface area (Å²) >= 11 is 3.44. The number of methoxy groups -OCH3 is 2. The number of non-ortho nitro benzene ring substituents is 1. The third-order valence-corrected chi connectivity index (χ3v) is 4.53. The number of nitrogens with zero attached hydrogens (tertiary/aromatic N) is 1. The fraction of sp³-hybridized carbons (Fsp3) is 0.278. The van der Waals surface area contributed by atoms with Gasteiger partial charge in [0.15, 0.2) is 0 Å². The summed E-state index contributed by atoms with van der Waals surface area (Å²) in [6.07, 6.45) is 0. The van der Waals surface area contributed by atoms with E-state index in [1.165, 1.54) is 25.3 Å². The minimum absolute atomic E-state index is 0.0605. The Bertz CT molecular complexity index is 844. The molecular weight excluding hydrogens is 418 g/mol. The number of rotatable bonds is 8. The quantitative estimate of drug-likeness (QED) is 0.482. The zero-order chi connectivity index (χ0) is 20.0. The van der Waals surface area contributed by atoms with Gasteiger partial charge >= 0.3 is 0 Å². The summed E-state index contributed by atoms with van der Waals surface area (Å²) in [5, 5.41) is 16.6. The molecule has 1 amide bonds. The standard InChI is InChI=1S/C18H20BrN3O5/c1-11(12-4-7-16(26-2)14(19)8-12)20-10-18(23)21-15-6-5-13(22(24)25)9-17(15)27-3/h4-9,11,20H,10H2,1-3H3,(H,21,23). The van der Waals surface area contributed by atoms with Crippen LogP contribution in [0.3, 0.4) is 0 Å². The zero-order valence-corrected chi connectivity index (χ0v) is 16.7. The number of benzene rings is 2. The lowest BCUT2D eigenvalue weighted by Gasteiger charge is -2.16. The fourth-order valence-electron chi connectivity index (χ4n) is 2.41. The predicted molar refractivity (Wildman–Crippen MR) is 105 cm³/mol. The van der Waals surface area contributed by atoms with Crippen LogP contribution in [-0.4, -0.2) is 31.6 Å². The number of hydrogen-bond acceptors (Lipinski definition) is 6. The first-order chi connectivity index (χ1) is 12.8. The Kier molecular flexibility index (Phi) is 7.14. The molecule has 0 aliphatic carbocycles. The van der Waals surface area contributed by atoms with E-state index in [4.69, 9.17) is 9.47 Å². The average molecular weight is 438 g/mol. The van der Waals surface area contributed by atoms with Gasteiger partial charge < -0.3 is 20.1 Å². The summed E-state index contributed by atoms with van der Waals surface area (Å²) in [4.78, 5) is 22.5. The van der Waals surface area contributed by atoms with Gasteiger partial charge in [0.2, 0.25) is 5.91 Å². The molecule has 0 aromatic heterocycles. The average Bonchev–Trinajstić information content (AvgIpc) is 2.66. The molecule has 144 valence electrons. The van der Waals surface area contributed by atoms with Crippen molar-refractivity contribution in [1.82, 2.24) is 5.32 Å². The number of anilines is 1. The molecular formula is C18H20BrN3O5. The molecule has 0 heterocycles. The Balaban J connectivity index is 1.98.